The number of fused-ring (bicyclic) bond motifs is 1. The topological polar surface area (TPSA) is 36.4 Å². The van der Waals surface area contributed by atoms with Crippen molar-refractivity contribution in [3.8, 4) is 0 Å². The molecule has 4 nitrogen and oxygen atoms in total. The summed E-state index contributed by atoms with van der Waals surface area (Å²) in [6, 6.07) is 13.5. The number of rotatable bonds is 8. The van der Waals surface area contributed by atoms with Crippen molar-refractivity contribution in [2.24, 2.45) is 0 Å². The molecule has 7 heteroatoms. The van der Waals surface area contributed by atoms with Crippen LogP contribution in [0.4, 0.5) is 5.13 Å². The van der Waals surface area contributed by atoms with Gasteiger partial charge in [0.1, 0.15) is 5.52 Å². The van der Waals surface area contributed by atoms with Gasteiger partial charge in [0.2, 0.25) is 0 Å². The summed E-state index contributed by atoms with van der Waals surface area (Å²) in [6.07, 6.45) is 0.867. The number of halogens is 1. The average Bonchev–Trinajstić information content (AvgIpc) is 3.10. The van der Waals surface area contributed by atoms with Gasteiger partial charge in [-0.05, 0) is 57.1 Å². The normalized spacial score (nSPS) is 11.3. The summed E-state index contributed by atoms with van der Waals surface area (Å²) >= 11 is 9.51. The van der Waals surface area contributed by atoms with E-state index in [1.54, 1.807) is 16.7 Å². The van der Waals surface area contributed by atoms with E-state index < -0.39 is 0 Å². The zero-order valence-electron chi connectivity index (χ0n) is 16.3. The first kappa shape index (κ1) is 21.1. The summed E-state index contributed by atoms with van der Waals surface area (Å²) in [5, 5.41) is 1.31. The maximum atomic E-state index is 13.5. The first-order valence-electron chi connectivity index (χ1n) is 9.24. The van der Waals surface area contributed by atoms with Gasteiger partial charge in [-0.1, -0.05) is 48.1 Å². The predicted molar refractivity (Wildman–Crippen MR) is 122 cm³/mol. The quantitative estimate of drug-likeness (QED) is 0.429. The van der Waals surface area contributed by atoms with Crippen LogP contribution in [0.3, 0.4) is 0 Å². The van der Waals surface area contributed by atoms with Crippen molar-refractivity contribution in [3.63, 3.8) is 0 Å². The van der Waals surface area contributed by atoms with Crippen molar-refractivity contribution in [2.45, 2.75) is 18.2 Å². The lowest BCUT2D eigenvalue weighted by Crippen LogP contribution is -2.33. The molecule has 0 saturated carbocycles. The fourth-order valence-corrected chi connectivity index (χ4v) is 5.00. The predicted octanol–water partition coefficient (Wildman–Crippen LogP) is 5.66. The minimum Gasteiger partial charge on any atom is -0.309 e. The largest absolute Gasteiger partial charge is 0.309 e. The third kappa shape index (κ3) is 4.87. The number of amides is 1. The summed E-state index contributed by atoms with van der Waals surface area (Å²) in [6.45, 7) is 3.61. The Labute approximate surface area is 179 Å². The Balaban J connectivity index is 1.98. The van der Waals surface area contributed by atoms with Crippen LogP contribution in [-0.2, 0) is 0 Å². The number of aromatic nitrogens is 1. The van der Waals surface area contributed by atoms with Crippen LogP contribution >= 0.6 is 34.7 Å². The molecule has 0 bridgehead atoms. The average molecular weight is 434 g/mol. The van der Waals surface area contributed by atoms with Gasteiger partial charge in [0.25, 0.3) is 5.91 Å². The van der Waals surface area contributed by atoms with E-state index in [-0.39, 0.29) is 5.91 Å². The minimum absolute atomic E-state index is 0.00881. The second kappa shape index (κ2) is 9.74. The van der Waals surface area contributed by atoms with Crippen molar-refractivity contribution < 1.29 is 4.79 Å². The van der Waals surface area contributed by atoms with Crippen LogP contribution in [0, 0.1) is 0 Å². The molecule has 1 amide bonds. The lowest BCUT2D eigenvalue weighted by molar-refractivity contribution is 0.0983. The van der Waals surface area contributed by atoms with Gasteiger partial charge in [-0.2, -0.15) is 0 Å². The number of anilines is 1. The summed E-state index contributed by atoms with van der Waals surface area (Å²) in [5.41, 5.74) is 1.48. The number of carbonyl (C=O) groups is 1. The summed E-state index contributed by atoms with van der Waals surface area (Å²) in [7, 11) is 4.08. The number of benzene rings is 2. The van der Waals surface area contributed by atoms with Crippen LogP contribution < -0.4 is 4.90 Å². The van der Waals surface area contributed by atoms with Crippen molar-refractivity contribution in [2.75, 3.05) is 37.8 Å². The van der Waals surface area contributed by atoms with Crippen molar-refractivity contribution >= 4 is 56.0 Å². The highest BCUT2D eigenvalue weighted by Crippen LogP contribution is 2.34. The summed E-state index contributed by atoms with van der Waals surface area (Å²) < 4.78 is 0.990. The van der Waals surface area contributed by atoms with Gasteiger partial charge < -0.3 is 4.90 Å². The SMILES string of the molecule is CCSc1ccccc1C(=O)N(CCCN(C)C)c1nc2c(Cl)cccc2s1. The zero-order chi connectivity index (χ0) is 20.1. The van der Waals surface area contributed by atoms with Crippen LogP contribution in [0.25, 0.3) is 10.2 Å². The van der Waals surface area contributed by atoms with Gasteiger partial charge in [0, 0.05) is 11.4 Å². The van der Waals surface area contributed by atoms with Gasteiger partial charge >= 0.3 is 0 Å². The second-order valence-corrected chi connectivity index (χ2v) is 9.35. The van der Waals surface area contributed by atoms with E-state index in [0.717, 1.165) is 39.4 Å². The molecule has 28 heavy (non-hydrogen) atoms. The molecule has 1 aromatic heterocycles. The number of hydrogen-bond acceptors (Lipinski definition) is 5. The van der Waals surface area contributed by atoms with Gasteiger partial charge in [0.05, 0.1) is 15.3 Å². The number of thiazole rings is 1. The van der Waals surface area contributed by atoms with E-state index in [1.165, 1.54) is 11.3 Å². The van der Waals surface area contributed by atoms with E-state index >= 15 is 0 Å². The van der Waals surface area contributed by atoms with Crippen molar-refractivity contribution in [3.05, 3.63) is 53.1 Å². The molecule has 148 valence electrons. The Morgan fingerprint density at radius 2 is 1.93 bits per heavy atom. The fraction of sp³-hybridized carbons (Fsp3) is 0.333. The fourth-order valence-electron chi connectivity index (χ4n) is 2.92. The number of thioether (sulfide) groups is 1. The highest BCUT2D eigenvalue weighted by molar-refractivity contribution is 7.99. The highest BCUT2D eigenvalue weighted by atomic mass is 35.5. The van der Waals surface area contributed by atoms with Gasteiger partial charge in [-0.3, -0.25) is 9.69 Å². The van der Waals surface area contributed by atoms with E-state index in [4.69, 9.17) is 16.6 Å². The summed E-state index contributed by atoms with van der Waals surface area (Å²) in [5.74, 6) is 0.910. The maximum Gasteiger partial charge on any atom is 0.261 e. The van der Waals surface area contributed by atoms with Crippen LogP contribution in [0.5, 0.6) is 0 Å². The standard InChI is InChI=1S/C21H24ClN3OS2/c1-4-27-17-11-6-5-9-15(17)20(26)25(14-8-13-24(2)3)21-23-19-16(22)10-7-12-18(19)28-21/h5-7,9-12H,4,8,13-14H2,1-3H3. The second-order valence-electron chi connectivity index (χ2n) is 6.63. The molecular weight excluding hydrogens is 410 g/mol. The first-order chi connectivity index (χ1) is 13.5. The smallest absolute Gasteiger partial charge is 0.261 e. The van der Waals surface area contributed by atoms with E-state index in [0.29, 0.717) is 16.7 Å². The molecule has 1 heterocycles. The Morgan fingerprint density at radius 3 is 2.64 bits per heavy atom. The molecule has 0 unspecified atom stereocenters. The maximum absolute atomic E-state index is 13.5. The van der Waals surface area contributed by atoms with E-state index in [1.807, 2.05) is 56.6 Å². The van der Waals surface area contributed by atoms with Crippen molar-refractivity contribution in [1.29, 1.82) is 0 Å². The molecule has 3 aromatic rings. The molecule has 0 spiro atoms. The van der Waals surface area contributed by atoms with E-state index in [2.05, 4.69) is 11.8 Å². The van der Waals surface area contributed by atoms with Gasteiger partial charge in [0.15, 0.2) is 5.13 Å². The van der Waals surface area contributed by atoms with Crippen LogP contribution in [0.1, 0.15) is 23.7 Å². The third-order valence-corrected chi connectivity index (χ3v) is 6.54. The number of carbonyl (C=O) groups excluding carboxylic acids is 1. The minimum atomic E-state index is -0.00881. The molecule has 0 radical (unpaired) electrons. The lowest BCUT2D eigenvalue weighted by Gasteiger charge is -2.22. The molecule has 0 fully saturated rings. The Bertz CT molecular complexity index is 958. The van der Waals surface area contributed by atoms with Crippen molar-refractivity contribution in [1.82, 2.24) is 9.88 Å². The molecular formula is C21H24ClN3OS2. The molecule has 0 saturated heterocycles. The summed E-state index contributed by atoms with van der Waals surface area (Å²) in [4.78, 5) is 23.2. The molecule has 0 N–H and O–H groups in total. The number of hydrogen-bond donors (Lipinski definition) is 0. The van der Waals surface area contributed by atoms with Crippen LogP contribution in [0.15, 0.2) is 47.4 Å². The molecule has 0 aliphatic heterocycles. The van der Waals surface area contributed by atoms with Crippen LogP contribution in [-0.4, -0.2) is 48.7 Å². The molecule has 0 aliphatic rings. The zero-order valence-corrected chi connectivity index (χ0v) is 18.7. The number of para-hydroxylation sites is 1. The van der Waals surface area contributed by atoms with Gasteiger partial charge in [-0.25, -0.2) is 4.98 Å². The Kier molecular flexibility index (Phi) is 7.35. The lowest BCUT2D eigenvalue weighted by atomic mass is 10.2. The van der Waals surface area contributed by atoms with E-state index in [9.17, 15) is 4.79 Å². The first-order valence-corrected chi connectivity index (χ1v) is 11.4. The van der Waals surface area contributed by atoms with Crippen LogP contribution in [0.2, 0.25) is 5.02 Å². The molecule has 3 rings (SSSR count). The number of nitrogens with zero attached hydrogens (tertiary/aromatic N) is 3. The monoisotopic (exact) mass is 433 g/mol. The van der Waals surface area contributed by atoms with Gasteiger partial charge in [-0.15, -0.1) is 11.8 Å². The molecule has 0 aliphatic carbocycles. The third-order valence-electron chi connectivity index (χ3n) is 4.24. The molecule has 0 atom stereocenters. The Morgan fingerprint density at radius 1 is 1.14 bits per heavy atom. The Hall–Kier alpha value is -1.60. The molecule has 2 aromatic carbocycles. The highest BCUT2D eigenvalue weighted by Gasteiger charge is 2.23.